The average molecular weight is 451 g/mol. The van der Waals surface area contributed by atoms with Crippen molar-refractivity contribution in [1.29, 1.82) is 0 Å². The Balaban J connectivity index is 1.58. The molecule has 32 heavy (non-hydrogen) atoms. The van der Waals surface area contributed by atoms with Crippen molar-refractivity contribution in [2.24, 2.45) is 0 Å². The number of aliphatic hydroxyl groups is 1. The highest BCUT2D eigenvalue weighted by Gasteiger charge is 2.59. The van der Waals surface area contributed by atoms with E-state index in [1.807, 2.05) is 30.3 Å². The van der Waals surface area contributed by atoms with Crippen LogP contribution in [0.3, 0.4) is 0 Å². The van der Waals surface area contributed by atoms with Gasteiger partial charge in [-0.1, -0.05) is 36.4 Å². The van der Waals surface area contributed by atoms with Gasteiger partial charge in [-0.05, 0) is 55.1 Å². The summed E-state index contributed by atoms with van der Waals surface area (Å²) in [6.07, 6.45) is -5.10. The Hall–Kier alpha value is -2.13. The molecule has 0 amide bonds. The normalized spacial score (nSPS) is 30.6. The summed E-state index contributed by atoms with van der Waals surface area (Å²) < 4.78 is 53.1. The fourth-order valence-corrected chi connectivity index (χ4v) is 4.74. The molecule has 2 heterocycles. The monoisotopic (exact) mass is 450 g/mol. The van der Waals surface area contributed by atoms with Crippen LogP contribution in [0.2, 0.25) is 0 Å². The van der Waals surface area contributed by atoms with E-state index in [1.165, 1.54) is 25.3 Å². The largest absolute Gasteiger partial charge is 0.497 e. The third kappa shape index (κ3) is 4.24. The van der Waals surface area contributed by atoms with Crippen LogP contribution in [-0.4, -0.2) is 43.6 Å². The molecule has 0 bridgehead atoms. The van der Waals surface area contributed by atoms with E-state index in [9.17, 15) is 18.3 Å². The van der Waals surface area contributed by atoms with E-state index in [1.54, 1.807) is 0 Å². The molecule has 0 radical (unpaired) electrons. The number of halogens is 3. The van der Waals surface area contributed by atoms with Crippen LogP contribution in [0.1, 0.15) is 48.6 Å². The first-order chi connectivity index (χ1) is 15.2. The molecule has 0 aromatic heterocycles. The number of methoxy groups -OCH3 is 1. The fraction of sp³-hybridized carbons (Fsp3) is 0.500. The standard InChI is InChI=1S/C24H29F3N2O3/c1-23(24(25,26)27)18-11-10-16(31-2)13-17(18)22(30)20(32-23)14-29-19-9-6-12-28-21(19)15-7-4-3-5-8-15/h3-5,7-8,10-11,13,19-22,28-30H,6,9,12,14H2,1-2H3. The topological polar surface area (TPSA) is 62.8 Å². The summed E-state index contributed by atoms with van der Waals surface area (Å²) >= 11 is 0. The molecule has 2 aliphatic rings. The maximum Gasteiger partial charge on any atom is 0.421 e. The first kappa shape index (κ1) is 23.0. The second kappa shape index (κ2) is 9.02. The molecule has 2 aromatic carbocycles. The summed E-state index contributed by atoms with van der Waals surface area (Å²) in [5.41, 5.74) is -1.31. The molecule has 8 heteroatoms. The van der Waals surface area contributed by atoms with E-state index in [0.29, 0.717) is 5.75 Å². The number of hydrogen-bond donors (Lipinski definition) is 3. The molecule has 5 nitrogen and oxygen atoms in total. The Kier molecular flexibility index (Phi) is 6.49. The van der Waals surface area contributed by atoms with Crippen molar-refractivity contribution >= 4 is 0 Å². The molecule has 0 saturated carbocycles. The number of alkyl halides is 3. The van der Waals surface area contributed by atoms with Gasteiger partial charge in [-0.25, -0.2) is 0 Å². The van der Waals surface area contributed by atoms with Gasteiger partial charge in [-0.15, -0.1) is 0 Å². The fourth-order valence-electron chi connectivity index (χ4n) is 4.74. The third-order valence-corrected chi connectivity index (χ3v) is 6.57. The summed E-state index contributed by atoms with van der Waals surface area (Å²) in [5, 5.41) is 17.8. The zero-order valence-electron chi connectivity index (χ0n) is 18.2. The van der Waals surface area contributed by atoms with Gasteiger partial charge in [-0.2, -0.15) is 13.2 Å². The lowest BCUT2D eigenvalue weighted by Crippen LogP contribution is -2.54. The average Bonchev–Trinajstić information content (AvgIpc) is 2.80. The van der Waals surface area contributed by atoms with E-state index < -0.39 is 24.0 Å². The van der Waals surface area contributed by atoms with Gasteiger partial charge in [0, 0.05) is 18.6 Å². The molecule has 4 rings (SSSR count). The van der Waals surface area contributed by atoms with Crippen molar-refractivity contribution in [3.05, 3.63) is 65.2 Å². The van der Waals surface area contributed by atoms with Crippen LogP contribution in [0.15, 0.2) is 48.5 Å². The predicted molar refractivity (Wildman–Crippen MR) is 114 cm³/mol. The summed E-state index contributed by atoms with van der Waals surface area (Å²) in [5.74, 6) is 0.390. The van der Waals surface area contributed by atoms with Gasteiger partial charge in [0.2, 0.25) is 0 Å². The highest BCUT2D eigenvalue weighted by atomic mass is 19.4. The molecule has 2 aliphatic heterocycles. The molecule has 1 fully saturated rings. The van der Waals surface area contributed by atoms with E-state index in [2.05, 4.69) is 10.6 Å². The quantitative estimate of drug-likeness (QED) is 0.643. The number of aliphatic hydroxyl groups excluding tert-OH is 1. The SMILES string of the molecule is COc1ccc2c(c1)C(O)C(CNC1CCCNC1c1ccccc1)OC2(C)C(F)(F)F. The smallest absolute Gasteiger partial charge is 0.421 e. The summed E-state index contributed by atoms with van der Waals surface area (Å²) in [6.45, 7) is 1.98. The maximum atomic E-state index is 14.1. The lowest BCUT2D eigenvalue weighted by atomic mass is 9.83. The summed E-state index contributed by atoms with van der Waals surface area (Å²) in [4.78, 5) is 0. The van der Waals surface area contributed by atoms with Crippen LogP contribution >= 0.6 is 0 Å². The van der Waals surface area contributed by atoms with Gasteiger partial charge >= 0.3 is 6.18 Å². The summed E-state index contributed by atoms with van der Waals surface area (Å²) in [6, 6.07) is 14.2. The lowest BCUT2D eigenvalue weighted by molar-refractivity contribution is -0.306. The highest BCUT2D eigenvalue weighted by molar-refractivity contribution is 5.43. The number of rotatable bonds is 5. The molecule has 0 aliphatic carbocycles. The van der Waals surface area contributed by atoms with Crippen LogP contribution < -0.4 is 15.4 Å². The van der Waals surface area contributed by atoms with Gasteiger partial charge in [0.15, 0.2) is 5.60 Å². The van der Waals surface area contributed by atoms with Crippen molar-refractivity contribution in [3.8, 4) is 5.75 Å². The van der Waals surface area contributed by atoms with Gasteiger partial charge in [0.05, 0.1) is 7.11 Å². The van der Waals surface area contributed by atoms with Crippen molar-refractivity contribution in [2.75, 3.05) is 20.2 Å². The third-order valence-electron chi connectivity index (χ3n) is 6.57. The number of piperidine rings is 1. The van der Waals surface area contributed by atoms with Crippen molar-refractivity contribution in [1.82, 2.24) is 10.6 Å². The number of nitrogens with one attached hydrogen (secondary N) is 2. The predicted octanol–water partition coefficient (Wildman–Crippen LogP) is 3.99. The molecular weight excluding hydrogens is 421 g/mol. The van der Waals surface area contributed by atoms with Crippen LogP contribution in [0.5, 0.6) is 5.75 Å². The lowest BCUT2D eigenvalue weighted by Gasteiger charge is -2.44. The summed E-state index contributed by atoms with van der Waals surface area (Å²) in [7, 11) is 1.44. The Morgan fingerprint density at radius 2 is 1.97 bits per heavy atom. The second-order valence-corrected chi connectivity index (χ2v) is 8.58. The van der Waals surface area contributed by atoms with E-state index in [0.717, 1.165) is 31.9 Å². The van der Waals surface area contributed by atoms with Crippen LogP contribution in [-0.2, 0) is 10.3 Å². The number of ether oxygens (including phenoxy) is 2. The first-order valence-electron chi connectivity index (χ1n) is 10.9. The first-order valence-corrected chi connectivity index (χ1v) is 10.9. The van der Waals surface area contributed by atoms with Gasteiger partial charge in [0.1, 0.15) is 18.0 Å². The Morgan fingerprint density at radius 1 is 1.22 bits per heavy atom. The Labute approximate surface area is 185 Å². The Morgan fingerprint density at radius 3 is 2.66 bits per heavy atom. The van der Waals surface area contributed by atoms with Crippen LogP contribution in [0.4, 0.5) is 13.2 Å². The van der Waals surface area contributed by atoms with Crippen LogP contribution in [0, 0.1) is 0 Å². The minimum Gasteiger partial charge on any atom is -0.497 e. The molecule has 174 valence electrons. The van der Waals surface area contributed by atoms with Gasteiger partial charge in [-0.3, -0.25) is 0 Å². The maximum absolute atomic E-state index is 14.1. The minimum absolute atomic E-state index is 0.00537. The van der Waals surface area contributed by atoms with Gasteiger partial charge in [0.25, 0.3) is 0 Å². The van der Waals surface area contributed by atoms with Crippen molar-refractivity contribution < 1.29 is 27.8 Å². The molecule has 1 saturated heterocycles. The molecule has 5 atom stereocenters. The molecular formula is C24H29F3N2O3. The van der Waals surface area contributed by atoms with Crippen molar-refractivity contribution in [2.45, 2.75) is 55.8 Å². The second-order valence-electron chi connectivity index (χ2n) is 8.58. The van der Waals surface area contributed by atoms with E-state index in [4.69, 9.17) is 9.47 Å². The Bertz CT molecular complexity index is 924. The van der Waals surface area contributed by atoms with E-state index >= 15 is 0 Å². The number of hydrogen-bond acceptors (Lipinski definition) is 5. The highest BCUT2D eigenvalue weighted by Crippen LogP contribution is 2.50. The minimum atomic E-state index is -4.65. The number of fused-ring (bicyclic) bond motifs is 1. The van der Waals surface area contributed by atoms with Crippen LogP contribution in [0.25, 0.3) is 0 Å². The number of benzene rings is 2. The van der Waals surface area contributed by atoms with Gasteiger partial charge < -0.3 is 25.2 Å². The zero-order chi connectivity index (χ0) is 22.9. The molecule has 5 unspecified atom stereocenters. The van der Waals surface area contributed by atoms with E-state index in [-0.39, 0.29) is 29.8 Å². The molecule has 2 aromatic rings. The molecule has 3 N–H and O–H groups in total. The molecule has 0 spiro atoms. The zero-order valence-corrected chi connectivity index (χ0v) is 18.2. The van der Waals surface area contributed by atoms with Crippen molar-refractivity contribution in [3.63, 3.8) is 0 Å².